The van der Waals surface area contributed by atoms with Crippen molar-refractivity contribution in [2.75, 3.05) is 4.90 Å². The van der Waals surface area contributed by atoms with Gasteiger partial charge < -0.3 is 10.6 Å². The number of hydrogen-bond donors (Lipinski definition) is 1. The van der Waals surface area contributed by atoms with Gasteiger partial charge in [0.2, 0.25) is 0 Å². The van der Waals surface area contributed by atoms with Crippen LogP contribution in [0.25, 0.3) is 10.9 Å². The molecule has 2 N–H and O–H groups in total. The molecule has 0 amide bonds. The summed E-state index contributed by atoms with van der Waals surface area (Å²) in [6.45, 7) is 0. The molecule has 0 saturated carbocycles. The molecule has 4 heteroatoms. The van der Waals surface area contributed by atoms with Crippen molar-refractivity contribution in [3.05, 3.63) is 35.5 Å². The van der Waals surface area contributed by atoms with E-state index in [0.717, 1.165) is 23.4 Å². The SMILES string of the molecule is NC1CC2CCC(C1)N2c1ccnc2cc(Cl)ccc12. The van der Waals surface area contributed by atoms with E-state index in [1.54, 1.807) is 0 Å². The number of nitrogens with two attached hydrogens (primary N) is 1. The minimum absolute atomic E-state index is 0.367. The van der Waals surface area contributed by atoms with E-state index in [4.69, 9.17) is 17.3 Å². The molecule has 104 valence electrons. The predicted octanol–water partition coefficient (Wildman–Crippen LogP) is 3.35. The number of anilines is 1. The van der Waals surface area contributed by atoms with Crippen molar-refractivity contribution in [2.24, 2.45) is 5.73 Å². The maximum Gasteiger partial charge on any atom is 0.0737 e. The van der Waals surface area contributed by atoms with Crippen molar-refractivity contribution in [3.63, 3.8) is 0 Å². The lowest BCUT2D eigenvalue weighted by atomic mass is 9.97. The van der Waals surface area contributed by atoms with Crippen molar-refractivity contribution in [3.8, 4) is 0 Å². The minimum Gasteiger partial charge on any atom is -0.365 e. The van der Waals surface area contributed by atoms with Gasteiger partial charge in [0.15, 0.2) is 0 Å². The van der Waals surface area contributed by atoms with Crippen LogP contribution in [0.4, 0.5) is 5.69 Å². The van der Waals surface area contributed by atoms with Crippen molar-refractivity contribution in [1.29, 1.82) is 0 Å². The van der Waals surface area contributed by atoms with Crippen molar-refractivity contribution in [1.82, 2.24) is 4.98 Å². The Morgan fingerprint density at radius 3 is 2.65 bits per heavy atom. The van der Waals surface area contributed by atoms with E-state index in [9.17, 15) is 0 Å². The Labute approximate surface area is 123 Å². The van der Waals surface area contributed by atoms with Crippen LogP contribution in [0.5, 0.6) is 0 Å². The highest BCUT2D eigenvalue weighted by atomic mass is 35.5. The number of nitrogens with zero attached hydrogens (tertiary/aromatic N) is 2. The zero-order valence-corrected chi connectivity index (χ0v) is 12.1. The van der Waals surface area contributed by atoms with E-state index in [2.05, 4.69) is 22.0 Å². The number of pyridine rings is 1. The van der Waals surface area contributed by atoms with Gasteiger partial charge in [0.1, 0.15) is 0 Å². The van der Waals surface area contributed by atoms with E-state index in [1.165, 1.54) is 23.9 Å². The highest BCUT2D eigenvalue weighted by Gasteiger charge is 2.40. The molecule has 2 saturated heterocycles. The van der Waals surface area contributed by atoms with Gasteiger partial charge in [0.05, 0.1) is 5.52 Å². The Morgan fingerprint density at radius 1 is 1.15 bits per heavy atom. The first kappa shape index (κ1) is 12.4. The fraction of sp³-hybridized carbons (Fsp3) is 0.438. The molecule has 2 unspecified atom stereocenters. The van der Waals surface area contributed by atoms with Crippen molar-refractivity contribution >= 4 is 28.2 Å². The fourth-order valence-electron chi connectivity index (χ4n) is 3.94. The first-order valence-corrected chi connectivity index (χ1v) is 7.68. The van der Waals surface area contributed by atoms with E-state index in [0.29, 0.717) is 18.1 Å². The Bertz CT molecular complexity index is 643. The Hall–Kier alpha value is -1.32. The molecule has 1 aromatic heterocycles. The normalized spacial score (nSPS) is 29.1. The molecular formula is C16H18ClN3. The van der Waals surface area contributed by atoms with Gasteiger partial charge in [-0.15, -0.1) is 0 Å². The third-order valence-corrected chi connectivity index (χ3v) is 4.96. The summed E-state index contributed by atoms with van der Waals surface area (Å²) < 4.78 is 0. The van der Waals surface area contributed by atoms with Gasteiger partial charge in [-0.3, -0.25) is 4.98 Å². The molecule has 0 radical (unpaired) electrons. The number of fused-ring (bicyclic) bond motifs is 3. The molecule has 2 aliphatic rings. The maximum absolute atomic E-state index is 6.17. The van der Waals surface area contributed by atoms with E-state index in [-0.39, 0.29) is 0 Å². The quantitative estimate of drug-likeness (QED) is 0.875. The van der Waals surface area contributed by atoms with Crippen LogP contribution in [0.1, 0.15) is 25.7 Å². The summed E-state index contributed by atoms with van der Waals surface area (Å²) in [5.74, 6) is 0. The first-order chi connectivity index (χ1) is 9.72. The van der Waals surface area contributed by atoms with Crippen molar-refractivity contribution < 1.29 is 0 Å². The van der Waals surface area contributed by atoms with Gasteiger partial charge >= 0.3 is 0 Å². The summed E-state index contributed by atoms with van der Waals surface area (Å²) in [7, 11) is 0. The van der Waals surface area contributed by atoms with Crippen LogP contribution in [-0.4, -0.2) is 23.1 Å². The molecule has 1 aromatic carbocycles. The molecule has 0 aliphatic carbocycles. The second-order valence-electron chi connectivity index (χ2n) is 6.02. The highest BCUT2D eigenvalue weighted by molar-refractivity contribution is 6.31. The van der Waals surface area contributed by atoms with Gasteiger partial charge in [-0.05, 0) is 49.9 Å². The van der Waals surface area contributed by atoms with Crippen LogP contribution in [0.3, 0.4) is 0 Å². The number of halogens is 1. The molecule has 3 heterocycles. The lowest BCUT2D eigenvalue weighted by Gasteiger charge is -2.40. The Morgan fingerprint density at radius 2 is 1.90 bits per heavy atom. The molecule has 2 bridgehead atoms. The fourth-order valence-corrected chi connectivity index (χ4v) is 4.11. The summed E-state index contributed by atoms with van der Waals surface area (Å²) in [5, 5.41) is 1.94. The van der Waals surface area contributed by atoms with Crippen LogP contribution in [-0.2, 0) is 0 Å². The molecule has 0 spiro atoms. The number of aromatic nitrogens is 1. The molecule has 2 atom stereocenters. The molecular weight excluding hydrogens is 270 g/mol. The van der Waals surface area contributed by atoms with Crippen molar-refractivity contribution in [2.45, 2.75) is 43.8 Å². The third-order valence-electron chi connectivity index (χ3n) is 4.73. The van der Waals surface area contributed by atoms with Gasteiger partial charge in [-0.2, -0.15) is 0 Å². The molecule has 2 aromatic rings. The Kier molecular flexibility index (Phi) is 2.86. The third kappa shape index (κ3) is 1.88. The van der Waals surface area contributed by atoms with Crippen LogP contribution in [0.2, 0.25) is 5.02 Å². The second kappa shape index (κ2) is 4.61. The topological polar surface area (TPSA) is 42.1 Å². The van der Waals surface area contributed by atoms with Crippen LogP contribution in [0.15, 0.2) is 30.5 Å². The van der Waals surface area contributed by atoms with E-state index < -0.39 is 0 Å². The zero-order valence-electron chi connectivity index (χ0n) is 11.3. The summed E-state index contributed by atoms with van der Waals surface area (Å²) in [6.07, 6.45) is 6.62. The largest absolute Gasteiger partial charge is 0.365 e. The minimum atomic E-state index is 0.367. The average molecular weight is 288 g/mol. The smallest absolute Gasteiger partial charge is 0.0737 e. The summed E-state index contributed by atoms with van der Waals surface area (Å²) in [4.78, 5) is 7.03. The molecule has 2 fully saturated rings. The lowest BCUT2D eigenvalue weighted by molar-refractivity contribution is 0.415. The molecule has 4 rings (SSSR count). The van der Waals surface area contributed by atoms with Gasteiger partial charge in [0.25, 0.3) is 0 Å². The van der Waals surface area contributed by atoms with Crippen LogP contribution >= 0.6 is 11.6 Å². The number of hydrogen-bond acceptors (Lipinski definition) is 3. The number of rotatable bonds is 1. The maximum atomic E-state index is 6.17. The highest BCUT2D eigenvalue weighted by Crippen LogP contribution is 2.41. The zero-order chi connectivity index (χ0) is 13.7. The monoisotopic (exact) mass is 287 g/mol. The van der Waals surface area contributed by atoms with E-state index >= 15 is 0 Å². The van der Waals surface area contributed by atoms with E-state index in [1.807, 2.05) is 18.3 Å². The van der Waals surface area contributed by atoms with Gasteiger partial charge in [-0.1, -0.05) is 11.6 Å². The molecule has 20 heavy (non-hydrogen) atoms. The summed E-state index contributed by atoms with van der Waals surface area (Å²) >= 11 is 6.08. The van der Waals surface area contributed by atoms with Crippen LogP contribution in [0, 0.1) is 0 Å². The predicted molar refractivity (Wildman–Crippen MR) is 83.3 cm³/mol. The van der Waals surface area contributed by atoms with Gasteiger partial charge in [0, 0.05) is 40.4 Å². The molecule has 3 nitrogen and oxygen atoms in total. The second-order valence-corrected chi connectivity index (χ2v) is 6.45. The summed E-state index contributed by atoms with van der Waals surface area (Å²) in [5.41, 5.74) is 8.45. The molecule has 2 aliphatic heterocycles. The van der Waals surface area contributed by atoms with Crippen LogP contribution < -0.4 is 10.6 Å². The Balaban J connectivity index is 1.83. The summed E-state index contributed by atoms with van der Waals surface area (Å²) in [6, 6.07) is 9.66. The average Bonchev–Trinajstić information content (AvgIpc) is 2.69. The van der Waals surface area contributed by atoms with Gasteiger partial charge in [-0.25, -0.2) is 0 Å². The number of piperidine rings is 1. The standard InChI is InChI=1S/C16H18ClN3/c17-10-1-4-14-15(7-10)19-6-5-16(14)20-12-2-3-13(20)9-11(18)8-12/h1,4-7,11-13H,2-3,8-9,18H2. The number of benzene rings is 1. The first-order valence-electron chi connectivity index (χ1n) is 7.30. The lowest BCUT2D eigenvalue weighted by Crippen LogP contribution is -2.47.